The summed E-state index contributed by atoms with van der Waals surface area (Å²) >= 11 is 3.24. The van der Waals surface area contributed by atoms with Gasteiger partial charge in [0.05, 0.1) is 11.1 Å². The number of pyridine rings is 1. The second-order valence-corrected chi connectivity index (χ2v) is 4.53. The Kier molecular flexibility index (Phi) is 2.68. The van der Waals surface area contributed by atoms with Crippen LogP contribution in [0, 0.1) is 13.8 Å². The third kappa shape index (κ3) is 1.69. The number of aryl methyl sites for hydroxylation is 2. The summed E-state index contributed by atoms with van der Waals surface area (Å²) in [5.74, 6) is -0.929. The van der Waals surface area contributed by atoms with Gasteiger partial charge in [-0.2, -0.15) is 0 Å². The molecule has 2 rings (SSSR count). The number of halogens is 1. The average Bonchev–Trinajstić information content (AvgIpc) is 2.22. The van der Waals surface area contributed by atoms with E-state index in [-0.39, 0.29) is 5.56 Å². The van der Waals surface area contributed by atoms with Gasteiger partial charge in [0.15, 0.2) is 0 Å². The fraction of sp³-hybridized carbons (Fsp3) is 0.167. The number of carboxylic acid groups (broad SMARTS) is 1. The van der Waals surface area contributed by atoms with Gasteiger partial charge in [-0.15, -0.1) is 0 Å². The number of carboxylic acids is 1. The van der Waals surface area contributed by atoms with Crippen LogP contribution in [0.5, 0.6) is 0 Å². The molecule has 16 heavy (non-hydrogen) atoms. The fourth-order valence-corrected chi connectivity index (χ4v) is 2.19. The molecule has 0 radical (unpaired) electrons. The molecular formula is C12H10BrNO2. The van der Waals surface area contributed by atoms with Crippen LogP contribution >= 0.6 is 15.9 Å². The van der Waals surface area contributed by atoms with Gasteiger partial charge in [-0.05, 0) is 47.0 Å². The first kappa shape index (κ1) is 11.1. The predicted molar refractivity (Wildman–Crippen MR) is 65.9 cm³/mol. The minimum atomic E-state index is -0.929. The molecule has 1 aromatic heterocycles. The second-order valence-electron chi connectivity index (χ2n) is 3.72. The number of rotatable bonds is 1. The van der Waals surface area contributed by atoms with E-state index in [1.807, 2.05) is 26.0 Å². The zero-order chi connectivity index (χ0) is 11.9. The molecule has 0 saturated carbocycles. The van der Waals surface area contributed by atoms with E-state index >= 15 is 0 Å². The van der Waals surface area contributed by atoms with Crippen molar-refractivity contribution in [2.45, 2.75) is 13.8 Å². The number of hydrogen-bond donors (Lipinski definition) is 1. The normalized spacial score (nSPS) is 10.7. The molecule has 4 heteroatoms. The molecule has 0 fully saturated rings. The molecule has 1 aromatic carbocycles. The van der Waals surface area contributed by atoms with Crippen molar-refractivity contribution in [1.29, 1.82) is 0 Å². The maximum absolute atomic E-state index is 11.2. The van der Waals surface area contributed by atoms with Crippen molar-refractivity contribution in [1.82, 2.24) is 4.98 Å². The standard InChI is InChI=1S/C12H10BrNO2/c1-6-3-4-7(2)11-10(6)8(12(15)16)5-9(13)14-11/h3-5H,1-2H3,(H,15,16). The topological polar surface area (TPSA) is 50.2 Å². The van der Waals surface area contributed by atoms with Crippen molar-refractivity contribution < 1.29 is 9.90 Å². The number of fused-ring (bicyclic) bond motifs is 1. The highest BCUT2D eigenvalue weighted by Crippen LogP contribution is 2.26. The summed E-state index contributed by atoms with van der Waals surface area (Å²) in [6.45, 7) is 3.82. The van der Waals surface area contributed by atoms with E-state index in [1.54, 1.807) is 0 Å². The molecule has 1 heterocycles. The Balaban J connectivity index is 3.00. The highest BCUT2D eigenvalue weighted by molar-refractivity contribution is 9.10. The van der Waals surface area contributed by atoms with Crippen molar-refractivity contribution in [3.05, 3.63) is 39.5 Å². The van der Waals surface area contributed by atoms with Crippen molar-refractivity contribution in [3.8, 4) is 0 Å². The highest BCUT2D eigenvalue weighted by atomic mass is 79.9. The van der Waals surface area contributed by atoms with E-state index in [4.69, 9.17) is 0 Å². The van der Waals surface area contributed by atoms with Gasteiger partial charge in [-0.1, -0.05) is 12.1 Å². The van der Waals surface area contributed by atoms with Crippen molar-refractivity contribution in [2.24, 2.45) is 0 Å². The smallest absolute Gasteiger partial charge is 0.336 e. The first-order valence-electron chi connectivity index (χ1n) is 4.80. The lowest BCUT2D eigenvalue weighted by molar-refractivity contribution is 0.0699. The van der Waals surface area contributed by atoms with Gasteiger partial charge in [0, 0.05) is 5.39 Å². The third-order valence-corrected chi connectivity index (χ3v) is 2.98. The van der Waals surface area contributed by atoms with Crippen LogP contribution in [0.4, 0.5) is 0 Å². The largest absolute Gasteiger partial charge is 0.478 e. The lowest BCUT2D eigenvalue weighted by Gasteiger charge is -2.08. The number of carbonyl (C=O) groups is 1. The van der Waals surface area contributed by atoms with E-state index in [9.17, 15) is 9.90 Å². The van der Waals surface area contributed by atoms with Crippen LogP contribution in [0.15, 0.2) is 22.8 Å². The van der Waals surface area contributed by atoms with E-state index in [0.29, 0.717) is 4.60 Å². The van der Waals surface area contributed by atoms with Gasteiger partial charge in [0.1, 0.15) is 4.60 Å². The summed E-state index contributed by atoms with van der Waals surface area (Å²) in [7, 11) is 0. The van der Waals surface area contributed by atoms with E-state index < -0.39 is 5.97 Å². The summed E-state index contributed by atoms with van der Waals surface area (Å²) < 4.78 is 0.547. The van der Waals surface area contributed by atoms with Crippen LogP contribution < -0.4 is 0 Å². The Morgan fingerprint density at radius 1 is 1.31 bits per heavy atom. The summed E-state index contributed by atoms with van der Waals surface area (Å²) in [6, 6.07) is 5.40. The molecule has 0 unspecified atom stereocenters. The van der Waals surface area contributed by atoms with E-state index in [1.165, 1.54) is 6.07 Å². The van der Waals surface area contributed by atoms with Crippen molar-refractivity contribution in [2.75, 3.05) is 0 Å². The third-order valence-electron chi connectivity index (χ3n) is 2.57. The minimum Gasteiger partial charge on any atom is -0.478 e. The fourth-order valence-electron chi connectivity index (χ4n) is 1.78. The van der Waals surface area contributed by atoms with Crippen LogP contribution in [-0.4, -0.2) is 16.1 Å². The lowest BCUT2D eigenvalue weighted by atomic mass is 10.0. The van der Waals surface area contributed by atoms with Gasteiger partial charge in [-0.25, -0.2) is 9.78 Å². The van der Waals surface area contributed by atoms with Gasteiger partial charge >= 0.3 is 5.97 Å². The molecule has 0 spiro atoms. The molecule has 0 atom stereocenters. The monoisotopic (exact) mass is 279 g/mol. The van der Waals surface area contributed by atoms with Crippen molar-refractivity contribution >= 4 is 32.8 Å². The maximum Gasteiger partial charge on any atom is 0.336 e. The van der Waals surface area contributed by atoms with Gasteiger partial charge < -0.3 is 5.11 Å². The van der Waals surface area contributed by atoms with Crippen LogP contribution in [0.25, 0.3) is 10.9 Å². The average molecular weight is 280 g/mol. The van der Waals surface area contributed by atoms with E-state index in [2.05, 4.69) is 20.9 Å². The first-order valence-corrected chi connectivity index (χ1v) is 5.59. The Morgan fingerprint density at radius 3 is 2.56 bits per heavy atom. The maximum atomic E-state index is 11.2. The molecule has 0 amide bonds. The zero-order valence-electron chi connectivity index (χ0n) is 8.91. The van der Waals surface area contributed by atoms with Crippen LogP contribution in [0.2, 0.25) is 0 Å². The summed E-state index contributed by atoms with van der Waals surface area (Å²) in [6.07, 6.45) is 0. The number of nitrogens with zero attached hydrogens (tertiary/aromatic N) is 1. The molecule has 0 bridgehead atoms. The van der Waals surface area contributed by atoms with E-state index in [0.717, 1.165) is 22.0 Å². The Bertz CT molecular complexity index is 593. The molecule has 0 aliphatic rings. The number of aromatic carboxylic acids is 1. The predicted octanol–water partition coefficient (Wildman–Crippen LogP) is 3.31. The lowest BCUT2D eigenvalue weighted by Crippen LogP contribution is -2.01. The molecule has 1 N–H and O–H groups in total. The van der Waals surface area contributed by atoms with Crippen LogP contribution in [0.1, 0.15) is 21.5 Å². The molecule has 0 saturated heterocycles. The van der Waals surface area contributed by atoms with Crippen LogP contribution in [-0.2, 0) is 0 Å². The molecule has 82 valence electrons. The summed E-state index contributed by atoms with van der Waals surface area (Å²) in [4.78, 5) is 15.5. The Morgan fingerprint density at radius 2 is 1.94 bits per heavy atom. The van der Waals surface area contributed by atoms with Crippen molar-refractivity contribution in [3.63, 3.8) is 0 Å². The summed E-state index contributed by atoms with van der Waals surface area (Å²) in [5.41, 5.74) is 2.94. The Hall–Kier alpha value is -1.42. The minimum absolute atomic E-state index is 0.290. The molecule has 0 aliphatic carbocycles. The van der Waals surface area contributed by atoms with Gasteiger partial charge in [0.25, 0.3) is 0 Å². The molecule has 3 nitrogen and oxygen atoms in total. The first-order chi connectivity index (χ1) is 7.50. The van der Waals surface area contributed by atoms with Crippen LogP contribution in [0.3, 0.4) is 0 Å². The SMILES string of the molecule is Cc1ccc(C)c2c(C(=O)O)cc(Br)nc12. The molecule has 0 aliphatic heterocycles. The number of aromatic nitrogens is 1. The second kappa shape index (κ2) is 3.87. The zero-order valence-corrected chi connectivity index (χ0v) is 10.5. The quantitative estimate of drug-likeness (QED) is 0.815. The highest BCUT2D eigenvalue weighted by Gasteiger charge is 2.14. The van der Waals surface area contributed by atoms with Gasteiger partial charge in [-0.3, -0.25) is 0 Å². The number of benzene rings is 1. The molecular weight excluding hydrogens is 270 g/mol. The summed E-state index contributed by atoms with van der Waals surface area (Å²) in [5, 5.41) is 9.89. The molecule has 2 aromatic rings. The Labute approximate surface area is 101 Å². The number of hydrogen-bond acceptors (Lipinski definition) is 2. The van der Waals surface area contributed by atoms with Gasteiger partial charge in [0.2, 0.25) is 0 Å².